The Bertz CT molecular complexity index is 1210. The van der Waals surface area contributed by atoms with Gasteiger partial charge in [-0.1, -0.05) is 222 Å². The predicted octanol–water partition coefficient (Wildman–Crippen LogP) is 17.8. The molecule has 0 fully saturated rings. The van der Waals surface area contributed by atoms with E-state index in [-0.39, 0.29) is 31.1 Å². The molecule has 0 amide bonds. The second-order valence-electron chi connectivity index (χ2n) is 17.8. The van der Waals surface area contributed by atoms with Gasteiger partial charge in [0, 0.05) is 19.3 Å². The minimum atomic E-state index is -0.777. The lowest BCUT2D eigenvalue weighted by atomic mass is 10.1. The van der Waals surface area contributed by atoms with Gasteiger partial charge in [-0.2, -0.15) is 0 Å². The van der Waals surface area contributed by atoms with Gasteiger partial charge >= 0.3 is 17.9 Å². The lowest BCUT2D eigenvalue weighted by Gasteiger charge is -2.18. The van der Waals surface area contributed by atoms with Crippen molar-refractivity contribution in [1.29, 1.82) is 0 Å². The highest BCUT2D eigenvalue weighted by atomic mass is 16.6. The van der Waals surface area contributed by atoms with E-state index in [9.17, 15) is 14.4 Å². The van der Waals surface area contributed by atoms with Crippen molar-refractivity contribution in [2.45, 2.75) is 264 Å². The van der Waals surface area contributed by atoms with Crippen LogP contribution in [0.1, 0.15) is 258 Å². The lowest BCUT2D eigenvalue weighted by Crippen LogP contribution is -2.30. The molecule has 0 saturated carbocycles. The molecule has 0 rings (SSSR count). The molecular formula is C58H100O6. The first-order valence-corrected chi connectivity index (χ1v) is 26.9. The Morgan fingerprint density at radius 3 is 0.984 bits per heavy atom. The first-order valence-electron chi connectivity index (χ1n) is 26.9. The topological polar surface area (TPSA) is 78.9 Å². The number of carbonyl (C=O) groups excluding carboxylic acids is 3. The van der Waals surface area contributed by atoms with Gasteiger partial charge in [-0.3, -0.25) is 14.4 Å². The van der Waals surface area contributed by atoms with Gasteiger partial charge in [0.25, 0.3) is 0 Å². The minimum absolute atomic E-state index is 0.0795. The van der Waals surface area contributed by atoms with Crippen molar-refractivity contribution >= 4 is 17.9 Å². The van der Waals surface area contributed by atoms with E-state index in [1.54, 1.807) is 0 Å². The maximum absolute atomic E-state index is 12.8. The first kappa shape index (κ1) is 60.9. The third-order valence-corrected chi connectivity index (χ3v) is 11.4. The Balaban J connectivity index is 4.18. The summed E-state index contributed by atoms with van der Waals surface area (Å²) in [6.07, 6.45) is 66.3. The Hall–Kier alpha value is -3.15. The molecule has 6 nitrogen and oxygen atoms in total. The smallest absolute Gasteiger partial charge is 0.306 e. The first-order chi connectivity index (χ1) is 31.5. The summed E-state index contributed by atoms with van der Waals surface area (Å²) in [7, 11) is 0. The van der Waals surface area contributed by atoms with Gasteiger partial charge in [0.05, 0.1) is 0 Å². The van der Waals surface area contributed by atoms with Crippen LogP contribution >= 0.6 is 0 Å². The summed E-state index contributed by atoms with van der Waals surface area (Å²) in [5.41, 5.74) is 0. The molecule has 0 aromatic heterocycles. The van der Waals surface area contributed by atoms with E-state index in [2.05, 4.69) is 93.7 Å². The molecule has 0 aromatic carbocycles. The zero-order chi connectivity index (χ0) is 46.5. The van der Waals surface area contributed by atoms with Crippen molar-refractivity contribution in [3.63, 3.8) is 0 Å². The fourth-order valence-corrected chi connectivity index (χ4v) is 7.40. The molecule has 0 bridgehead atoms. The summed E-state index contributed by atoms with van der Waals surface area (Å²) in [4.78, 5) is 37.8. The van der Waals surface area contributed by atoms with Crippen LogP contribution in [-0.2, 0) is 28.6 Å². The van der Waals surface area contributed by atoms with Crippen LogP contribution < -0.4 is 0 Å². The molecule has 0 radical (unpaired) electrons. The molecule has 0 saturated heterocycles. The van der Waals surface area contributed by atoms with Crippen LogP contribution in [-0.4, -0.2) is 37.2 Å². The van der Waals surface area contributed by atoms with Gasteiger partial charge in [0.1, 0.15) is 13.2 Å². The standard InChI is InChI=1S/C58H100O6/c1-4-7-10-13-16-18-20-22-24-26-27-28-29-30-31-33-34-36-38-40-42-45-48-51-57(60)63-54-55(53-62-56(59)50-47-44-15-12-9-6-3)64-58(61)52-49-46-43-41-39-37-35-32-25-23-21-19-17-14-11-8-5-2/h7,10,16-19,22-25,27-28,55H,4-6,8-9,11-15,20-21,26,29-54H2,1-3H3/b10-7-,18-16-,19-17-,24-22-,25-23-,28-27-. The molecular weight excluding hydrogens is 793 g/mol. The Morgan fingerprint density at radius 1 is 0.328 bits per heavy atom. The van der Waals surface area contributed by atoms with Crippen LogP contribution in [0.25, 0.3) is 0 Å². The zero-order valence-corrected chi connectivity index (χ0v) is 42.0. The molecule has 0 aliphatic carbocycles. The maximum atomic E-state index is 12.8. The number of ether oxygens (including phenoxy) is 3. The second kappa shape index (κ2) is 52.5. The quantitative estimate of drug-likeness (QED) is 0.0262. The molecule has 0 aliphatic rings. The summed E-state index contributed by atoms with van der Waals surface area (Å²) in [6, 6.07) is 0. The average Bonchev–Trinajstić information content (AvgIpc) is 3.29. The molecule has 1 atom stereocenters. The number of unbranched alkanes of at least 4 members (excludes halogenated alkanes) is 25. The van der Waals surface area contributed by atoms with Gasteiger partial charge < -0.3 is 14.2 Å². The number of esters is 3. The number of rotatable bonds is 48. The van der Waals surface area contributed by atoms with E-state index >= 15 is 0 Å². The maximum Gasteiger partial charge on any atom is 0.306 e. The molecule has 0 spiro atoms. The third kappa shape index (κ3) is 49.9. The van der Waals surface area contributed by atoms with E-state index < -0.39 is 6.10 Å². The summed E-state index contributed by atoms with van der Waals surface area (Å²) in [5.74, 6) is -0.898. The summed E-state index contributed by atoms with van der Waals surface area (Å²) >= 11 is 0. The molecule has 1 unspecified atom stereocenters. The normalized spacial score (nSPS) is 12.6. The van der Waals surface area contributed by atoms with Crippen LogP contribution in [0.2, 0.25) is 0 Å². The van der Waals surface area contributed by atoms with Crippen LogP contribution in [0.4, 0.5) is 0 Å². The fourth-order valence-electron chi connectivity index (χ4n) is 7.40. The second-order valence-corrected chi connectivity index (χ2v) is 17.8. The van der Waals surface area contributed by atoms with Crippen LogP contribution in [0.3, 0.4) is 0 Å². The largest absolute Gasteiger partial charge is 0.462 e. The third-order valence-electron chi connectivity index (χ3n) is 11.4. The zero-order valence-electron chi connectivity index (χ0n) is 42.0. The molecule has 0 aromatic rings. The fraction of sp³-hybridized carbons (Fsp3) is 0.741. The molecule has 0 aliphatic heterocycles. The highest BCUT2D eigenvalue weighted by Gasteiger charge is 2.19. The average molecular weight is 893 g/mol. The number of hydrogen-bond donors (Lipinski definition) is 0. The van der Waals surface area contributed by atoms with E-state index in [0.717, 1.165) is 96.3 Å². The molecule has 368 valence electrons. The summed E-state index contributed by atoms with van der Waals surface area (Å²) in [5, 5.41) is 0. The van der Waals surface area contributed by atoms with Crippen molar-refractivity contribution in [3.05, 3.63) is 72.9 Å². The van der Waals surface area contributed by atoms with E-state index in [1.807, 2.05) is 0 Å². The van der Waals surface area contributed by atoms with E-state index in [4.69, 9.17) is 14.2 Å². The van der Waals surface area contributed by atoms with Crippen LogP contribution in [0, 0.1) is 0 Å². The van der Waals surface area contributed by atoms with E-state index in [0.29, 0.717) is 19.3 Å². The number of hydrogen-bond acceptors (Lipinski definition) is 6. The molecule has 0 N–H and O–H groups in total. The predicted molar refractivity (Wildman–Crippen MR) is 274 cm³/mol. The minimum Gasteiger partial charge on any atom is -0.462 e. The lowest BCUT2D eigenvalue weighted by molar-refractivity contribution is -0.167. The van der Waals surface area contributed by atoms with Crippen LogP contribution in [0.5, 0.6) is 0 Å². The highest BCUT2D eigenvalue weighted by molar-refractivity contribution is 5.71. The van der Waals surface area contributed by atoms with Crippen LogP contribution in [0.15, 0.2) is 72.9 Å². The summed E-state index contributed by atoms with van der Waals surface area (Å²) in [6.45, 7) is 6.44. The van der Waals surface area contributed by atoms with Crippen molar-refractivity contribution in [2.24, 2.45) is 0 Å². The van der Waals surface area contributed by atoms with Gasteiger partial charge in [-0.25, -0.2) is 0 Å². The van der Waals surface area contributed by atoms with Crippen molar-refractivity contribution in [2.75, 3.05) is 13.2 Å². The van der Waals surface area contributed by atoms with Gasteiger partial charge in [-0.15, -0.1) is 0 Å². The number of carbonyl (C=O) groups is 3. The molecule has 6 heteroatoms. The molecule has 0 heterocycles. The van der Waals surface area contributed by atoms with Gasteiger partial charge in [-0.05, 0) is 89.9 Å². The van der Waals surface area contributed by atoms with Crippen molar-refractivity contribution in [3.8, 4) is 0 Å². The SMILES string of the molecule is CC/C=C\C/C=C\C/C=C\C/C=C\CCCCCCCCCCCCC(=O)OCC(COC(=O)CCCCCCCC)OC(=O)CCCCCCCCC/C=C\C/C=C\CCCCC. The Kier molecular flexibility index (Phi) is 49.9. The Labute approximate surface area is 395 Å². The molecule has 64 heavy (non-hydrogen) atoms. The number of allylic oxidation sites excluding steroid dienone is 12. The van der Waals surface area contributed by atoms with Gasteiger partial charge in [0.2, 0.25) is 0 Å². The summed E-state index contributed by atoms with van der Waals surface area (Å²) < 4.78 is 16.7. The highest BCUT2D eigenvalue weighted by Crippen LogP contribution is 2.15. The van der Waals surface area contributed by atoms with E-state index in [1.165, 1.54) is 122 Å². The van der Waals surface area contributed by atoms with Crippen molar-refractivity contribution in [1.82, 2.24) is 0 Å². The van der Waals surface area contributed by atoms with Gasteiger partial charge in [0.15, 0.2) is 6.10 Å². The Morgan fingerprint density at radius 2 is 0.609 bits per heavy atom. The van der Waals surface area contributed by atoms with Crippen molar-refractivity contribution < 1.29 is 28.6 Å². The monoisotopic (exact) mass is 893 g/mol.